The van der Waals surface area contributed by atoms with Gasteiger partial charge in [0.25, 0.3) is 0 Å². The maximum Gasteiger partial charge on any atom is 0.132 e. The van der Waals surface area contributed by atoms with Crippen LogP contribution in [0, 0.1) is 12.7 Å². The van der Waals surface area contributed by atoms with E-state index in [4.69, 9.17) is 0 Å². The first-order chi connectivity index (χ1) is 8.15. The molecule has 2 aromatic rings. The van der Waals surface area contributed by atoms with Crippen molar-refractivity contribution in [2.75, 3.05) is 7.05 Å². The number of nitrogens with zero attached hydrogens (tertiary/aromatic N) is 2. The van der Waals surface area contributed by atoms with E-state index in [9.17, 15) is 4.39 Å². The van der Waals surface area contributed by atoms with E-state index in [1.165, 1.54) is 6.07 Å². The van der Waals surface area contributed by atoms with Crippen LogP contribution >= 0.6 is 0 Å². The fourth-order valence-electron chi connectivity index (χ4n) is 2.05. The zero-order valence-electron chi connectivity index (χ0n) is 10.3. The maximum atomic E-state index is 13.8. The lowest BCUT2D eigenvalue weighted by molar-refractivity contribution is 0.627. The molecule has 3 nitrogen and oxygen atoms in total. The van der Waals surface area contributed by atoms with Crippen molar-refractivity contribution in [1.82, 2.24) is 15.1 Å². The number of rotatable bonds is 3. The van der Waals surface area contributed by atoms with E-state index in [2.05, 4.69) is 10.4 Å². The summed E-state index contributed by atoms with van der Waals surface area (Å²) >= 11 is 0. The van der Waals surface area contributed by atoms with E-state index < -0.39 is 0 Å². The van der Waals surface area contributed by atoms with Crippen molar-refractivity contribution in [1.29, 1.82) is 0 Å². The largest absolute Gasteiger partial charge is 0.314 e. The lowest BCUT2D eigenvalue weighted by Gasteiger charge is -2.05. The molecule has 90 valence electrons. The highest BCUT2D eigenvalue weighted by molar-refractivity contribution is 5.65. The van der Waals surface area contributed by atoms with Gasteiger partial charge in [-0.25, -0.2) is 4.39 Å². The second-order valence-corrected chi connectivity index (χ2v) is 4.05. The second kappa shape index (κ2) is 4.67. The molecule has 1 N–H and O–H groups in total. The molecule has 0 radical (unpaired) electrons. The number of benzene rings is 1. The molecule has 1 aromatic carbocycles. The Morgan fingerprint density at radius 2 is 2.06 bits per heavy atom. The van der Waals surface area contributed by atoms with E-state index in [1.807, 2.05) is 27.1 Å². The van der Waals surface area contributed by atoms with Gasteiger partial charge in [0, 0.05) is 19.2 Å². The summed E-state index contributed by atoms with van der Waals surface area (Å²) in [6, 6.07) is 6.78. The first-order valence-electron chi connectivity index (χ1n) is 5.57. The van der Waals surface area contributed by atoms with Crippen molar-refractivity contribution in [3.63, 3.8) is 0 Å². The SMILES string of the molecule is CNCc1nn(C)c(-c2ccccc2F)c1C. The first-order valence-corrected chi connectivity index (χ1v) is 5.57. The zero-order chi connectivity index (χ0) is 12.4. The number of nitrogens with one attached hydrogen (secondary N) is 1. The standard InChI is InChI=1S/C13H16FN3/c1-9-12(8-15-2)16-17(3)13(9)10-6-4-5-7-11(10)14/h4-7,15H,8H2,1-3H3. The minimum absolute atomic E-state index is 0.213. The Morgan fingerprint density at radius 1 is 1.35 bits per heavy atom. The molecule has 1 heterocycles. The molecule has 4 heteroatoms. The minimum atomic E-state index is -0.213. The van der Waals surface area contributed by atoms with Crippen LogP contribution in [0.1, 0.15) is 11.3 Å². The van der Waals surface area contributed by atoms with Crippen LogP contribution in [-0.4, -0.2) is 16.8 Å². The summed E-state index contributed by atoms with van der Waals surface area (Å²) in [5.41, 5.74) is 3.41. The molecule has 0 saturated heterocycles. The van der Waals surface area contributed by atoms with Gasteiger partial charge >= 0.3 is 0 Å². The number of aromatic nitrogens is 2. The van der Waals surface area contributed by atoms with Gasteiger partial charge in [-0.1, -0.05) is 12.1 Å². The fourth-order valence-corrected chi connectivity index (χ4v) is 2.05. The fraction of sp³-hybridized carbons (Fsp3) is 0.308. The lowest BCUT2D eigenvalue weighted by Crippen LogP contribution is -2.06. The van der Waals surface area contributed by atoms with E-state index in [-0.39, 0.29) is 5.82 Å². The van der Waals surface area contributed by atoms with E-state index in [0.717, 1.165) is 17.0 Å². The third-order valence-electron chi connectivity index (χ3n) is 2.86. The predicted octanol–water partition coefficient (Wildman–Crippen LogP) is 2.25. The van der Waals surface area contributed by atoms with Crippen molar-refractivity contribution in [2.45, 2.75) is 13.5 Å². The van der Waals surface area contributed by atoms with E-state index in [1.54, 1.807) is 16.8 Å². The molecule has 1 aromatic heterocycles. The topological polar surface area (TPSA) is 29.9 Å². The molecule has 0 aliphatic carbocycles. The lowest BCUT2D eigenvalue weighted by atomic mass is 10.1. The first kappa shape index (κ1) is 11.8. The Kier molecular flexibility index (Phi) is 3.24. The Hall–Kier alpha value is -1.68. The van der Waals surface area contributed by atoms with Crippen LogP contribution in [0.15, 0.2) is 24.3 Å². The van der Waals surface area contributed by atoms with Crippen LogP contribution < -0.4 is 5.32 Å². The summed E-state index contributed by atoms with van der Waals surface area (Å²) in [7, 11) is 3.71. The highest BCUT2D eigenvalue weighted by atomic mass is 19.1. The van der Waals surface area contributed by atoms with Crippen LogP contribution in [0.5, 0.6) is 0 Å². The van der Waals surface area contributed by atoms with Crippen LogP contribution in [0.3, 0.4) is 0 Å². The molecule has 0 spiro atoms. The minimum Gasteiger partial charge on any atom is -0.314 e. The Morgan fingerprint density at radius 3 is 2.71 bits per heavy atom. The van der Waals surface area contributed by atoms with Crippen LogP contribution in [0.4, 0.5) is 4.39 Å². The van der Waals surface area contributed by atoms with Gasteiger partial charge in [-0.2, -0.15) is 5.10 Å². The van der Waals surface area contributed by atoms with Crippen molar-refractivity contribution < 1.29 is 4.39 Å². The van der Waals surface area contributed by atoms with Gasteiger partial charge in [0.2, 0.25) is 0 Å². The third-order valence-corrected chi connectivity index (χ3v) is 2.86. The smallest absolute Gasteiger partial charge is 0.132 e. The average molecular weight is 233 g/mol. The summed E-state index contributed by atoms with van der Waals surface area (Å²) in [6.07, 6.45) is 0. The van der Waals surface area contributed by atoms with Crippen molar-refractivity contribution in [3.05, 3.63) is 41.3 Å². The molecular weight excluding hydrogens is 217 g/mol. The van der Waals surface area contributed by atoms with Crippen molar-refractivity contribution in [2.24, 2.45) is 7.05 Å². The summed E-state index contributed by atoms with van der Waals surface area (Å²) in [4.78, 5) is 0. The van der Waals surface area contributed by atoms with Gasteiger partial charge in [0.1, 0.15) is 5.82 Å². The van der Waals surface area contributed by atoms with Crippen molar-refractivity contribution >= 4 is 0 Å². The number of hydrogen-bond acceptors (Lipinski definition) is 2. The molecule has 0 aliphatic rings. The molecule has 0 aliphatic heterocycles. The summed E-state index contributed by atoms with van der Waals surface area (Å²) < 4.78 is 15.5. The number of hydrogen-bond donors (Lipinski definition) is 1. The molecular formula is C13H16FN3. The quantitative estimate of drug-likeness (QED) is 0.881. The van der Waals surface area contributed by atoms with Gasteiger partial charge < -0.3 is 5.32 Å². The Labute approximate surface area is 100 Å². The highest BCUT2D eigenvalue weighted by Crippen LogP contribution is 2.27. The van der Waals surface area contributed by atoms with Gasteiger partial charge in [-0.15, -0.1) is 0 Å². The monoisotopic (exact) mass is 233 g/mol. The third kappa shape index (κ3) is 2.08. The van der Waals surface area contributed by atoms with E-state index >= 15 is 0 Å². The second-order valence-electron chi connectivity index (χ2n) is 4.05. The molecule has 0 saturated carbocycles. The summed E-state index contributed by atoms with van der Waals surface area (Å²) in [5.74, 6) is -0.213. The normalized spacial score (nSPS) is 10.8. The maximum absolute atomic E-state index is 13.8. The Bertz CT molecular complexity index is 531. The molecule has 0 unspecified atom stereocenters. The molecule has 17 heavy (non-hydrogen) atoms. The molecule has 0 bridgehead atoms. The van der Waals surface area contributed by atoms with Crippen LogP contribution in [-0.2, 0) is 13.6 Å². The zero-order valence-corrected chi connectivity index (χ0v) is 10.3. The molecule has 0 fully saturated rings. The van der Waals surface area contributed by atoms with Crippen molar-refractivity contribution in [3.8, 4) is 11.3 Å². The number of halogens is 1. The van der Waals surface area contributed by atoms with Crippen LogP contribution in [0.25, 0.3) is 11.3 Å². The molecule has 0 atom stereocenters. The predicted molar refractivity (Wildman–Crippen MR) is 66.1 cm³/mol. The summed E-state index contributed by atoms with van der Waals surface area (Å²) in [6.45, 7) is 2.66. The van der Waals surface area contributed by atoms with Gasteiger partial charge in [0.05, 0.1) is 11.4 Å². The van der Waals surface area contributed by atoms with Crippen LogP contribution in [0.2, 0.25) is 0 Å². The Balaban J connectivity index is 2.56. The summed E-state index contributed by atoms with van der Waals surface area (Å²) in [5, 5.41) is 7.47. The van der Waals surface area contributed by atoms with E-state index in [0.29, 0.717) is 12.1 Å². The molecule has 0 amide bonds. The van der Waals surface area contributed by atoms with Gasteiger partial charge in [-0.05, 0) is 31.7 Å². The highest BCUT2D eigenvalue weighted by Gasteiger charge is 2.15. The van der Waals surface area contributed by atoms with Gasteiger partial charge in [0.15, 0.2) is 0 Å². The molecule has 2 rings (SSSR count). The van der Waals surface area contributed by atoms with Gasteiger partial charge in [-0.3, -0.25) is 4.68 Å². The number of aryl methyl sites for hydroxylation is 1. The average Bonchev–Trinajstić information content (AvgIpc) is 2.57.